The van der Waals surface area contributed by atoms with E-state index in [-0.39, 0.29) is 30.5 Å². The third kappa shape index (κ3) is 9.38. The summed E-state index contributed by atoms with van der Waals surface area (Å²) in [5, 5.41) is 8.25. The Labute approximate surface area is 221 Å². The van der Waals surface area contributed by atoms with Crippen molar-refractivity contribution in [1.82, 2.24) is 5.32 Å². The fourth-order valence-electron chi connectivity index (χ4n) is 3.35. The van der Waals surface area contributed by atoms with Gasteiger partial charge in [-0.05, 0) is 61.1 Å². The van der Waals surface area contributed by atoms with Crippen molar-refractivity contribution in [1.29, 1.82) is 0 Å². The third-order valence-electron chi connectivity index (χ3n) is 5.15. The van der Waals surface area contributed by atoms with Crippen LogP contribution in [0, 0.1) is 0 Å². The largest absolute Gasteiger partial charge is 0.494 e. The Morgan fingerprint density at radius 1 is 0.838 bits per heavy atom. The average Bonchev–Trinajstić information content (AvgIpc) is 2.89. The number of carbonyl (C=O) groups is 3. The monoisotopic (exact) mass is 519 g/mol. The second-order valence-corrected chi connectivity index (χ2v) is 8.32. The van der Waals surface area contributed by atoms with Gasteiger partial charge in [0.25, 0.3) is 5.91 Å². The van der Waals surface area contributed by atoms with Gasteiger partial charge in [0.1, 0.15) is 5.75 Å². The lowest BCUT2D eigenvalue weighted by molar-refractivity contribution is -0.144. The van der Waals surface area contributed by atoms with Crippen LogP contribution < -0.4 is 20.7 Å². The number of anilines is 2. The predicted molar refractivity (Wildman–Crippen MR) is 147 cm³/mol. The number of hydrogen-bond donors (Lipinski definition) is 3. The quantitative estimate of drug-likeness (QED) is 0.249. The van der Waals surface area contributed by atoms with E-state index >= 15 is 0 Å². The summed E-state index contributed by atoms with van der Waals surface area (Å²) in [5.41, 5.74) is 2.44. The van der Waals surface area contributed by atoms with E-state index in [9.17, 15) is 14.4 Å². The molecule has 0 aliphatic heterocycles. The number of rotatable bonds is 11. The van der Waals surface area contributed by atoms with E-state index in [0.29, 0.717) is 35.7 Å². The molecule has 37 heavy (non-hydrogen) atoms. The second kappa shape index (κ2) is 14.4. The van der Waals surface area contributed by atoms with Gasteiger partial charge in [0.2, 0.25) is 5.91 Å². The Balaban J connectivity index is 1.44. The third-order valence-corrected chi connectivity index (χ3v) is 5.35. The summed E-state index contributed by atoms with van der Waals surface area (Å²) in [5.74, 6) is -0.529. The van der Waals surface area contributed by atoms with E-state index in [1.54, 1.807) is 48.5 Å². The van der Waals surface area contributed by atoms with Crippen LogP contribution in [-0.4, -0.2) is 36.1 Å². The molecule has 0 aliphatic carbocycles. The van der Waals surface area contributed by atoms with Gasteiger partial charge in [-0.2, -0.15) is 0 Å². The molecule has 3 N–H and O–H groups in total. The predicted octanol–water partition coefficient (Wildman–Crippen LogP) is 4.72. The van der Waals surface area contributed by atoms with E-state index < -0.39 is 11.9 Å². The molecule has 0 spiro atoms. The smallest absolute Gasteiger partial charge is 0.306 e. The number of esters is 1. The maximum absolute atomic E-state index is 12.8. The molecule has 9 heteroatoms. The Morgan fingerprint density at radius 3 is 2.27 bits per heavy atom. The summed E-state index contributed by atoms with van der Waals surface area (Å²) in [4.78, 5) is 37.0. The molecular formula is C28H29N3O5S. The van der Waals surface area contributed by atoms with Crippen LogP contribution in [0.3, 0.4) is 0 Å². The number of benzene rings is 3. The van der Waals surface area contributed by atoms with Crippen LogP contribution in [0.1, 0.15) is 35.7 Å². The van der Waals surface area contributed by atoms with Crippen molar-refractivity contribution >= 4 is 46.5 Å². The molecule has 0 fully saturated rings. The molecule has 3 aromatic rings. The first-order chi connectivity index (χ1) is 17.9. The summed E-state index contributed by atoms with van der Waals surface area (Å²) in [6, 6.07) is 23.5. The van der Waals surface area contributed by atoms with Gasteiger partial charge in [-0.25, -0.2) is 0 Å². The van der Waals surface area contributed by atoms with Crippen molar-refractivity contribution < 1.29 is 23.9 Å². The maximum atomic E-state index is 12.8. The molecule has 0 bridgehead atoms. The molecule has 0 radical (unpaired) electrons. The van der Waals surface area contributed by atoms with Crippen molar-refractivity contribution in [2.45, 2.75) is 26.2 Å². The summed E-state index contributed by atoms with van der Waals surface area (Å²) in [6.07, 6.45) is 0.467. The molecule has 0 aromatic heterocycles. The molecule has 0 aliphatic rings. The highest BCUT2D eigenvalue weighted by Crippen LogP contribution is 2.20. The summed E-state index contributed by atoms with van der Waals surface area (Å²) < 4.78 is 10.6. The number of hydrogen-bond acceptors (Lipinski definition) is 6. The summed E-state index contributed by atoms with van der Waals surface area (Å²) in [7, 11) is 0. The van der Waals surface area contributed by atoms with Crippen molar-refractivity contribution in [3.63, 3.8) is 0 Å². The molecule has 192 valence electrons. The van der Waals surface area contributed by atoms with Gasteiger partial charge in [-0.15, -0.1) is 0 Å². The Hall–Kier alpha value is -4.24. The van der Waals surface area contributed by atoms with Crippen molar-refractivity contribution in [2.75, 3.05) is 23.8 Å². The van der Waals surface area contributed by atoms with E-state index in [1.165, 1.54) is 0 Å². The minimum absolute atomic E-state index is 0.0174. The summed E-state index contributed by atoms with van der Waals surface area (Å²) >= 11 is 5.23. The van der Waals surface area contributed by atoms with Gasteiger partial charge in [-0.3, -0.25) is 14.4 Å². The SMILES string of the molecule is CCOc1ccc(NC(=O)c2ccccc2NC(=S)NC(=O)CCC(=O)OCCc2ccccc2)cc1. The molecule has 2 amide bonds. The van der Waals surface area contributed by atoms with Crippen LogP contribution >= 0.6 is 12.2 Å². The zero-order valence-corrected chi connectivity index (χ0v) is 21.3. The van der Waals surface area contributed by atoms with Crippen LogP contribution in [0.4, 0.5) is 11.4 Å². The Morgan fingerprint density at radius 2 is 1.54 bits per heavy atom. The normalized spacial score (nSPS) is 10.2. The number of thiocarbonyl (C=S) groups is 1. The molecule has 0 heterocycles. The second-order valence-electron chi connectivity index (χ2n) is 7.92. The van der Waals surface area contributed by atoms with Gasteiger partial charge >= 0.3 is 5.97 Å². The highest BCUT2D eigenvalue weighted by atomic mass is 32.1. The molecule has 0 saturated heterocycles. The standard InChI is InChI=1S/C28H29N3O5S/c1-2-35-22-14-12-21(13-15-22)29-27(34)23-10-6-7-11-24(23)30-28(37)31-25(32)16-17-26(33)36-19-18-20-8-4-3-5-9-20/h3-15H,2,16-19H2,1H3,(H,29,34)(H2,30,31,32,37). The number of ether oxygens (including phenoxy) is 2. The molecule has 0 atom stereocenters. The zero-order valence-electron chi connectivity index (χ0n) is 20.5. The van der Waals surface area contributed by atoms with E-state index in [4.69, 9.17) is 21.7 Å². The summed E-state index contributed by atoms with van der Waals surface area (Å²) in [6.45, 7) is 2.70. The van der Waals surface area contributed by atoms with Crippen LogP contribution in [0.15, 0.2) is 78.9 Å². The van der Waals surface area contributed by atoms with Crippen LogP contribution in [0.5, 0.6) is 5.75 Å². The van der Waals surface area contributed by atoms with Crippen LogP contribution in [0.2, 0.25) is 0 Å². The number of para-hydroxylation sites is 1. The number of carbonyl (C=O) groups excluding carboxylic acids is 3. The highest BCUT2D eigenvalue weighted by molar-refractivity contribution is 7.80. The minimum Gasteiger partial charge on any atom is -0.494 e. The fourth-order valence-corrected chi connectivity index (χ4v) is 3.57. The van der Waals surface area contributed by atoms with Crippen molar-refractivity contribution in [2.24, 2.45) is 0 Å². The Bertz CT molecular complexity index is 1220. The molecule has 8 nitrogen and oxygen atoms in total. The van der Waals surface area contributed by atoms with E-state index in [0.717, 1.165) is 5.56 Å². The van der Waals surface area contributed by atoms with Crippen molar-refractivity contribution in [3.05, 3.63) is 90.0 Å². The lowest BCUT2D eigenvalue weighted by Gasteiger charge is -2.14. The molecule has 0 unspecified atom stereocenters. The Kier molecular flexibility index (Phi) is 10.6. The molecule has 3 aromatic carbocycles. The average molecular weight is 520 g/mol. The number of amides is 2. The first kappa shape index (κ1) is 27.3. The van der Waals surface area contributed by atoms with Gasteiger partial charge < -0.3 is 25.4 Å². The fraction of sp³-hybridized carbons (Fsp3) is 0.214. The highest BCUT2D eigenvalue weighted by Gasteiger charge is 2.14. The lowest BCUT2D eigenvalue weighted by Crippen LogP contribution is -2.34. The van der Waals surface area contributed by atoms with Crippen LogP contribution in [-0.2, 0) is 20.7 Å². The van der Waals surface area contributed by atoms with Gasteiger partial charge in [-0.1, -0.05) is 42.5 Å². The molecule has 3 rings (SSSR count). The first-order valence-electron chi connectivity index (χ1n) is 11.9. The topological polar surface area (TPSA) is 106 Å². The van der Waals surface area contributed by atoms with Crippen LogP contribution in [0.25, 0.3) is 0 Å². The minimum atomic E-state index is -0.457. The van der Waals surface area contributed by atoms with Crippen molar-refractivity contribution in [3.8, 4) is 5.75 Å². The van der Waals surface area contributed by atoms with Gasteiger partial charge in [0.05, 0.1) is 30.9 Å². The van der Waals surface area contributed by atoms with E-state index in [1.807, 2.05) is 37.3 Å². The maximum Gasteiger partial charge on any atom is 0.306 e. The van der Waals surface area contributed by atoms with Gasteiger partial charge in [0.15, 0.2) is 5.11 Å². The number of nitrogens with one attached hydrogen (secondary N) is 3. The first-order valence-corrected chi connectivity index (χ1v) is 12.3. The van der Waals surface area contributed by atoms with Gasteiger partial charge in [0, 0.05) is 18.5 Å². The lowest BCUT2D eigenvalue weighted by atomic mass is 10.1. The van der Waals surface area contributed by atoms with E-state index in [2.05, 4.69) is 16.0 Å². The molecule has 0 saturated carbocycles. The molecular weight excluding hydrogens is 490 g/mol. The zero-order chi connectivity index (χ0) is 26.5.